The van der Waals surface area contributed by atoms with Gasteiger partial charge in [-0.2, -0.15) is 0 Å². The molecule has 6 heteroatoms. The summed E-state index contributed by atoms with van der Waals surface area (Å²) in [5, 5.41) is 12.5. The maximum Gasteiger partial charge on any atom is 0.228 e. The van der Waals surface area contributed by atoms with Crippen molar-refractivity contribution in [2.45, 2.75) is 31.8 Å². The number of hydrogen-bond donors (Lipinski definition) is 1. The highest BCUT2D eigenvalue weighted by Crippen LogP contribution is 2.17. The molecule has 1 aliphatic heterocycles. The van der Waals surface area contributed by atoms with E-state index in [0.29, 0.717) is 19.5 Å². The Morgan fingerprint density at radius 2 is 2.17 bits per heavy atom. The van der Waals surface area contributed by atoms with E-state index in [1.807, 2.05) is 5.38 Å². The number of thiazole rings is 1. The van der Waals surface area contributed by atoms with Crippen LogP contribution in [0.15, 0.2) is 29.6 Å². The van der Waals surface area contributed by atoms with Crippen LogP contribution in [0.3, 0.4) is 0 Å². The first-order valence-corrected chi connectivity index (χ1v) is 8.61. The smallest absolute Gasteiger partial charge is 0.228 e. The molecule has 1 aliphatic rings. The quantitative estimate of drug-likeness (QED) is 0.934. The van der Waals surface area contributed by atoms with Gasteiger partial charge in [-0.25, -0.2) is 9.37 Å². The summed E-state index contributed by atoms with van der Waals surface area (Å²) in [6.07, 6.45) is 2.12. The van der Waals surface area contributed by atoms with Crippen molar-refractivity contribution in [2.24, 2.45) is 0 Å². The molecule has 0 aliphatic carbocycles. The van der Waals surface area contributed by atoms with Gasteiger partial charge >= 0.3 is 0 Å². The number of β-amino-alcohol motifs (C(OH)–C–C–N with tert-alkyl or cyclic N) is 1. The van der Waals surface area contributed by atoms with Gasteiger partial charge < -0.3 is 10.0 Å². The van der Waals surface area contributed by atoms with Crippen molar-refractivity contribution < 1.29 is 14.3 Å². The number of carbonyl (C=O) groups excluding carboxylic acids is 1. The van der Waals surface area contributed by atoms with Crippen LogP contribution in [-0.4, -0.2) is 40.1 Å². The molecule has 23 heavy (non-hydrogen) atoms. The van der Waals surface area contributed by atoms with Crippen LogP contribution in [0.1, 0.15) is 29.1 Å². The second-order valence-corrected chi connectivity index (χ2v) is 6.79. The van der Waals surface area contributed by atoms with E-state index in [0.717, 1.165) is 29.1 Å². The number of piperidine rings is 1. The lowest BCUT2D eigenvalue weighted by molar-refractivity contribution is -0.133. The SMILES string of the molecule is O=C(Cc1csc(Cc2ccc(F)cc2)n1)N1CCC[C@H](O)C1. The molecule has 1 aromatic carbocycles. The zero-order valence-corrected chi connectivity index (χ0v) is 13.6. The number of amides is 1. The third-order valence-corrected chi connectivity index (χ3v) is 4.85. The van der Waals surface area contributed by atoms with Crippen molar-refractivity contribution in [1.29, 1.82) is 0 Å². The molecule has 3 rings (SSSR count). The Morgan fingerprint density at radius 3 is 2.91 bits per heavy atom. The number of hydrogen-bond acceptors (Lipinski definition) is 4. The highest BCUT2D eigenvalue weighted by molar-refractivity contribution is 7.09. The highest BCUT2D eigenvalue weighted by atomic mass is 32.1. The average Bonchev–Trinajstić information content (AvgIpc) is 2.96. The van der Waals surface area contributed by atoms with Gasteiger partial charge in [-0.3, -0.25) is 4.79 Å². The summed E-state index contributed by atoms with van der Waals surface area (Å²) in [5.74, 6) is -0.231. The lowest BCUT2D eigenvalue weighted by Gasteiger charge is -2.29. The number of halogens is 1. The second-order valence-electron chi connectivity index (χ2n) is 5.85. The highest BCUT2D eigenvalue weighted by Gasteiger charge is 2.22. The molecule has 2 aromatic rings. The molecule has 2 heterocycles. The van der Waals surface area contributed by atoms with Crippen molar-refractivity contribution in [3.05, 3.63) is 51.7 Å². The Bertz CT molecular complexity index is 671. The van der Waals surface area contributed by atoms with Crippen molar-refractivity contribution in [1.82, 2.24) is 9.88 Å². The first kappa shape index (κ1) is 16.1. The van der Waals surface area contributed by atoms with E-state index in [4.69, 9.17) is 0 Å². The summed E-state index contributed by atoms with van der Waals surface area (Å²) in [7, 11) is 0. The van der Waals surface area contributed by atoms with Crippen molar-refractivity contribution in [3.8, 4) is 0 Å². The predicted octanol–water partition coefficient (Wildman–Crippen LogP) is 2.40. The van der Waals surface area contributed by atoms with Gasteiger partial charge in [0, 0.05) is 24.9 Å². The van der Waals surface area contributed by atoms with Gasteiger partial charge in [-0.1, -0.05) is 12.1 Å². The number of carbonyl (C=O) groups is 1. The van der Waals surface area contributed by atoms with Gasteiger partial charge in [0.1, 0.15) is 5.82 Å². The molecule has 1 N–H and O–H groups in total. The van der Waals surface area contributed by atoms with E-state index in [1.165, 1.54) is 23.5 Å². The third-order valence-electron chi connectivity index (χ3n) is 3.95. The molecule has 122 valence electrons. The van der Waals surface area contributed by atoms with E-state index in [2.05, 4.69) is 4.98 Å². The molecule has 0 radical (unpaired) electrons. The summed E-state index contributed by atoms with van der Waals surface area (Å²) in [4.78, 5) is 18.5. The minimum absolute atomic E-state index is 0.0161. The van der Waals surface area contributed by atoms with Crippen LogP contribution in [0.2, 0.25) is 0 Å². The van der Waals surface area contributed by atoms with Crippen LogP contribution in [-0.2, 0) is 17.6 Å². The Morgan fingerprint density at radius 1 is 1.39 bits per heavy atom. The van der Waals surface area contributed by atoms with Crippen molar-refractivity contribution in [2.75, 3.05) is 13.1 Å². The normalized spacial score (nSPS) is 18.2. The molecule has 1 saturated heterocycles. The van der Waals surface area contributed by atoms with E-state index in [1.54, 1.807) is 17.0 Å². The number of aromatic nitrogens is 1. The maximum absolute atomic E-state index is 12.9. The van der Waals surface area contributed by atoms with Gasteiger partial charge in [0.05, 0.1) is 23.2 Å². The summed E-state index contributed by atoms with van der Waals surface area (Å²) < 4.78 is 12.9. The van der Waals surface area contributed by atoms with E-state index in [9.17, 15) is 14.3 Å². The Labute approximate surface area is 138 Å². The molecule has 0 bridgehead atoms. The first-order valence-electron chi connectivity index (χ1n) is 7.74. The van der Waals surface area contributed by atoms with Crippen molar-refractivity contribution in [3.63, 3.8) is 0 Å². The topological polar surface area (TPSA) is 53.4 Å². The van der Waals surface area contributed by atoms with Gasteiger partial charge in [-0.15, -0.1) is 11.3 Å². The third kappa shape index (κ3) is 4.36. The van der Waals surface area contributed by atoms with Gasteiger partial charge in [0.2, 0.25) is 5.91 Å². The second kappa shape index (κ2) is 7.19. The van der Waals surface area contributed by atoms with E-state index in [-0.39, 0.29) is 18.1 Å². The van der Waals surface area contributed by atoms with E-state index >= 15 is 0 Å². The minimum Gasteiger partial charge on any atom is -0.391 e. The summed E-state index contributed by atoms with van der Waals surface area (Å²) in [6, 6.07) is 6.37. The van der Waals surface area contributed by atoms with Crippen LogP contribution in [0.4, 0.5) is 4.39 Å². The number of likely N-dealkylation sites (tertiary alicyclic amines) is 1. The van der Waals surface area contributed by atoms with Crippen molar-refractivity contribution >= 4 is 17.2 Å². The van der Waals surface area contributed by atoms with Gasteiger partial charge in [0.25, 0.3) is 0 Å². The van der Waals surface area contributed by atoms with Crippen LogP contribution in [0.5, 0.6) is 0 Å². The molecular weight excluding hydrogens is 315 g/mol. The molecule has 1 aromatic heterocycles. The standard InChI is InChI=1S/C17H19FN2O2S/c18-13-5-3-12(4-6-13)8-16-19-14(11-23-16)9-17(22)20-7-1-2-15(21)10-20/h3-6,11,15,21H,1-2,7-10H2/t15-/m0/s1. The molecule has 0 spiro atoms. The number of rotatable bonds is 4. The average molecular weight is 334 g/mol. The zero-order chi connectivity index (χ0) is 16.2. The minimum atomic E-state index is -0.405. The van der Waals surface area contributed by atoms with Crippen LogP contribution in [0.25, 0.3) is 0 Å². The molecular formula is C17H19FN2O2S. The van der Waals surface area contributed by atoms with Crippen LogP contribution in [0, 0.1) is 5.82 Å². The van der Waals surface area contributed by atoms with Crippen LogP contribution < -0.4 is 0 Å². The molecule has 1 amide bonds. The van der Waals surface area contributed by atoms with Gasteiger partial charge in [0.15, 0.2) is 0 Å². The van der Waals surface area contributed by atoms with Gasteiger partial charge in [-0.05, 0) is 30.5 Å². The lowest BCUT2D eigenvalue weighted by atomic mass is 10.1. The largest absolute Gasteiger partial charge is 0.391 e. The number of nitrogens with zero attached hydrogens (tertiary/aromatic N) is 2. The number of aliphatic hydroxyl groups excluding tert-OH is 1. The molecule has 0 unspecified atom stereocenters. The molecule has 1 atom stereocenters. The monoisotopic (exact) mass is 334 g/mol. The fourth-order valence-electron chi connectivity index (χ4n) is 2.74. The summed E-state index contributed by atoms with van der Waals surface area (Å²) in [5.41, 5.74) is 1.76. The Kier molecular flexibility index (Phi) is 5.03. The number of aliphatic hydroxyl groups is 1. The molecule has 1 fully saturated rings. The van der Waals surface area contributed by atoms with E-state index < -0.39 is 6.10 Å². The summed E-state index contributed by atoms with van der Waals surface area (Å²) in [6.45, 7) is 1.13. The fraction of sp³-hybridized carbons (Fsp3) is 0.412. The zero-order valence-electron chi connectivity index (χ0n) is 12.7. The number of benzene rings is 1. The first-order chi connectivity index (χ1) is 11.1. The summed E-state index contributed by atoms with van der Waals surface area (Å²) >= 11 is 1.51. The Balaban J connectivity index is 1.58. The fourth-order valence-corrected chi connectivity index (χ4v) is 3.56. The van der Waals surface area contributed by atoms with Crippen LogP contribution >= 0.6 is 11.3 Å². The predicted molar refractivity (Wildman–Crippen MR) is 86.8 cm³/mol. The maximum atomic E-state index is 12.9. The Hall–Kier alpha value is -1.79. The molecule has 4 nitrogen and oxygen atoms in total. The lowest BCUT2D eigenvalue weighted by Crippen LogP contribution is -2.42. The molecule has 0 saturated carbocycles.